The van der Waals surface area contributed by atoms with Crippen LogP contribution < -0.4 is 10.1 Å². The zero-order chi connectivity index (χ0) is 13.7. The standard InChI is InChI=1S/C10H13ClN6O2/c1-3-18-10-15-8(11)14-9(16-10)12-5-4-7-13-6(2)19-17-7/h3-5H2,1-2H3,(H,12,14,15,16). The first-order valence-corrected chi connectivity index (χ1v) is 6.12. The van der Waals surface area contributed by atoms with Crippen LogP contribution in [0.4, 0.5) is 5.95 Å². The zero-order valence-corrected chi connectivity index (χ0v) is 11.3. The molecule has 0 saturated carbocycles. The van der Waals surface area contributed by atoms with E-state index in [0.717, 1.165) is 0 Å². The highest BCUT2D eigenvalue weighted by Gasteiger charge is 2.06. The van der Waals surface area contributed by atoms with Crippen molar-refractivity contribution in [1.29, 1.82) is 0 Å². The van der Waals surface area contributed by atoms with E-state index in [0.29, 0.717) is 37.2 Å². The van der Waals surface area contributed by atoms with Crippen molar-refractivity contribution in [3.05, 3.63) is 17.0 Å². The molecular weight excluding hydrogens is 272 g/mol. The third kappa shape index (κ3) is 4.02. The summed E-state index contributed by atoms with van der Waals surface area (Å²) in [7, 11) is 0. The molecule has 0 amide bonds. The second-order valence-corrected chi connectivity index (χ2v) is 3.89. The molecular formula is C10H13ClN6O2. The van der Waals surface area contributed by atoms with E-state index in [1.54, 1.807) is 6.92 Å². The average molecular weight is 285 g/mol. The molecule has 2 aromatic heterocycles. The van der Waals surface area contributed by atoms with Gasteiger partial charge in [0, 0.05) is 19.9 Å². The Kier molecular flexibility index (Phi) is 4.45. The second-order valence-electron chi connectivity index (χ2n) is 3.55. The predicted molar refractivity (Wildman–Crippen MR) is 67.2 cm³/mol. The highest BCUT2D eigenvalue weighted by molar-refractivity contribution is 6.28. The first-order valence-electron chi connectivity index (χ1n) is 5.75. The molecule has 0 aliphatic rings. The molecule has 2 rings (SSSR count). The van der Waals surface area contributed by atoms with Gasteiger partial charge >= 0.3 is 6.01 Å². The van der Waals surface area contributed by atoms with E-state index < -0.39 is 0 Å². The van der Waals surface area contributed by atoms with Gasteiger partial charge in [0.2, 0.25) is 17.1 Å². The molecule has 1 N–H and O–H groups in total. The van der Waals surface area contributed by atoms with Gasteiger partial charge in [-0.15, -0.1) is 0 Å². The Labute approximate surface area is 114 Å². The van der Waals surface area contributed by atoms with Crippen LogP contribution in [0.2, 0.25) is 5.28 Å². The molecule has 0 bridgehead atoms. The van der Waals surface area contributed by atoms with E-state index in [2.05, 4.69) is 30.4 Å². The van der Waals surface area contributed by atoms with Gasteiger partial charge in [-0.25, -0.2) is 0 Å². The van der Waals surface area contributed by atoms with Gasteiger partial charge in [-0.2, -0.15) is 19.9 Å². The van der Waals surface area contributed by atoms with Crippen LogP contribution >= 0.6 is 11.6 Å². The van der Waals surface area contributed by atoms with Gasteiger partial charge in [-0.3, -0.25) is 0 Å². The third-order valence-electron chi connectivity index (χ3n) is 2.06. The second kappa shape index (κ2) is 6.28. The number of nitrogens with zero attached hydrogens (tertiary/aromatic N) is 5. The Hall–Kier alpha value is -1.96. The van der Waals surface area contributed by atoms with Crippen molar-refractivity contribution in [1.82, 2.24) is 25.1 Å². The molecule has 0 aliphatic heterocycles. The number of anilines is 1. The number of aromatic nitrogens is 5. The van der Waals surface area contributed by atoms with E-state index >= 15 is 0 Å². The normalized spacial score (nSPS) is 10.5. The molecule has 8 nitrogen and oxygen atoms in total. The largest absolute Gasteiger partial charge is 0.464 e. The number of ether oxygens (including phenoxy) is 1. The summed E-state index contributed by atoms with van der Waals surface area (Å²) in [5, 5.41) is 6.86. The Morgan fingerprint density at radius 1 is 1.26 bits per heavy atom. The highest BCUT2D eigenvalue weighted by Crippen LogP contribution is 2.11. The molecule has 102 valence electrons. The molecule has 2 aromatic rings. The topological polar surface area (TPSA) is 98.9 Å². The summed E-state index contributed by atoms with van der Waals surface area (Å²) in [5.41, 5.74) is 0. The van der Waals surface area contributed by atoms with Crippen molar-refractivity contribution in [3.63, 3.8) is 0 Å². The van der Waals surface area contributed by atoms with Gasteiger partial charge in [0.1, 0.15) is 0 Å². The van der Waals surface area contributed by atoms with E-state index in [1.807, 2.05) is 6.92 Å². The van der Waals surface area contributed by atoms with Gasteiger partial charge in [0.25, 0.3) is 0 Å². The summed E-state index contributed by atoms with van der Waals surface area (Å²) in [6.45, 7) is 4.58. The minimum atomic E-state index is 0.0800. The van der Waals surface area contributed by atoms with Crippen molar-refractivity contribution in [2.75, 3.05) is 18.5 Å². The van der Waals surface area contributed by atoms with Gasteiger partial charge in [-0.05, 0) is 18.5 Å². The fourth-order valence-corrected chi connectivity index (χ4v) is 1.49. The Morgan fingerprint density at radius 3 is 2.79 bits per heavy atom. The minimum absolute atomic E-state index is 0.0800. The fourth-order valence-electron chi connectivity index (χ4n) is 1.33. The lowest BCUT2D eigenvalue weighted by Gasteiger charge is -2.05. The minimum Gasteiger partial charge on any atom is -0.464 e. The maximum Gasteiger partial charge on any atom is 0.322 e. The van der Waals surface area contributed by atoms with Crippen molar-refractivity contribution < 1.29 is 9.26 Å². The number of hydrogen-bond acceptors (Lipinski definition) is 8. The van der Waals surface area contributed by atoms with Crippen molar-refractivity contribution in [2.45, 2.75) is 20.3 Å². The fraction of sp³-hybridized carbons (Fsp3) is 0.500. The maximum absolute atomic E-state index is 5.76. The van der Waals surface area contributed by atoms with Gasteiger partial charge in [0.05, 0.1) is 6.61 Å². The summed E-state index contributed by atoms with van der Waals surface area (Å²) in [6, 6.07) is 0.195. The predicted octanol–water partition coefficient (Wildman–Crippen LogP) is 1.27. The van der Waals surface area contributed by atoms with E-state index in [1.165, 1.54) is 0 Å². The van der Waals surface area contributed by atoms with E-state index in [-0.39, 0.29) is 11.3 Å². The summed E-state index contributed by atoms with van der Waals surface area (Å²) >= 11 is 5.76. The number of aryl methyl sites for hydroxylation is 1. The number of rotatable bonds is 6. The van der Waals surface area contributed by atoms with Crippen molar-refractivity contribution in [2.24, 2.45) is 0 Å². The van der Waals surface area contributed by atoms with Crippen LogP contribution in [0.25, 0.3) is 0 Å². The zero-order valence-electron chi connectivity index (χ0n) is 10.6. The van der Waals surface area contributed by atoms with Gasteiger partial charge in [0.15, 0.2) is 5.82 Å². The van der Waals surface area contributed by atoms with Crippen LogP contribution in [0.3, 0.4) is 0 Å². The third-order valence-corrected chi connectivity index (χ3v) is 2.23. The molecule has 0 fully saturated rings. The van der Waals surface area contributed by atoms with Crippen LogP contribution in [-0.4, -0.2) is 38.2 Å². The molecule has 0 saturated heterocycles. The molecule has 0 aromatic carbocycles. The number of hydrogen-bond donors (Lipinski definition) is 1. The molecule has 0 atom stereocenters. The molecule has 2 heterocycles. The lowest BCUT2D eigenvalue weighted by atomic mass is 10.4. The number of halogens is 1. The lowest BCUT2D eigenvalue weighted by molar-refractivity contribution is 0.312. The molecule has 19 heavy (non-hydrogen) atoms. The van der Waals surface area contributed by atoms with E-state index in [4.69, 9.17) is 20.9 Å². The van der Waals surface area contributed by atoms with Crippen LogP contribution in [0.5, 0.6) is 6.01 Å². The first kappa shape index (κ1) is 13.5. The Morgan fingerprint density at radius 2 is 2.11 bits per heavy atom. The highest BCUT2D eigenvalue weighted by atomic mass is 35.5. The smallest absolute Gasteiger partial charge is 0.322 e. The number of nitrogens with one attached hydrogen (secondary N) is 1. The molecule has 0 spiro atoms. The van der Waals surface area contributed by atoms with Crippen LogP contribution in [0.1, 0.15) is 18.6 Å². The SMILES string of the molecule is CCOc1nc(Cl)nc(NCCc2noc(C)n2)n1. The van der Waals surface area contributed by atoms with Crippen LogP contribution in [-0.2, 0) is 6.42 Å². The average Bonchev–Trinajstić information content (AvgIpc) is 2.75. The molecule has 0 aliphatic carbocycles. The Balaban J connectivity index is 1.91. The Bertz CT molecular complexity index is 547. The molecule has 0 unspecified atom stereocenters. The summed E-state index contributed by atoms with van der Waals surface area (Å²) in [5.74, 6) is 1.51. The van der Waals surface area contributed by atoms with Crippen LogP contribution in [0.15, 0.2) is 4.52 Å². The maximum atomic E-state index is 5.76. The lowest BCUT2D eigenvalue weighted by Crippen LogP contribution is -2.10. The molecule has 9 heteroatoms. The van der Waals surface area contributed by atoms with Gasteiger partial charge in [-0.1, -0.05) is 5.16 Å². The van der Waals surface area contributed by atoms with E-state index in [9.17, 15) is 0 Å². The summed E-state index contributed by atoms with van der Waals surface area (Å²) in [6.07, 6.45) is 0.588. The summed E-state index contributed by atoms with van der Waals surface area (Å²) in [4.78, 5) is 15.9. The van der Waals surface area contributed by atoms with Crippen molar-refractivity contribution in [3.8, 4) is 6.01 Å². The summed E-state index contributed by atoms with van der Waals surface area (Å²) < 4.78 is 10.0. The van der Waals surface area contributed by atoms with Gasteiger partial charge < -0.3 is 14.6 Å². The monoisotopic (exact) mass is 284 g/mol. The van der Waals surface area contributed by atoms with Crippen LogP contribution in [0, 0.1) is 6.92 Å². The molecule has 0 radical (unpaired) electrons. The quantitative estimate of drug-likeness (QED) is 0.846. The van der Waals surface area contributed by atoms with Crippen molar-refractivity contribution >= 4 is 17.5 Å². The first-order chi connectivity index (χ1) is 9.17.